The molecule has 0 bridgehead atoms. The van der Waals surface area contributed by atoms with Crippen LogP contribution in [0, 0.1) is 6.92 Å². The Morgan fingerprint density at radius 3 is 2.39 bits per heavy atom. The summed E-state index contributed by atoms with van der Waals surface area (Å²) < 4.78 is 30.7. The van der Waals surface area contributed by atoms with Crippen LogP contribution in [0.25, 0.3) is 5.69 Å². The van der Waals surface area contributed by atoms with E-state index in [-0.39, 0.29) is 30.9 Å². The van der Waals surface area contributed by atoms with Gasteiger partial charge in [0, 0.05) is 51.2 Å². The summed E-state index contributed by atoms with van der Waals surface area (Å²) in [4.78, 5) is 29.4. The van der Waals surface area contributed by atoms with Crippen molar-refractivity contribution in [3.8, 4) is 5.69 Å². The summed E-state index contributed by atoms with van der Waals surface area (Å²) >= 11 is 0. The maximum Gasteiger partial charge on any atom is 0.330 e. The molecule has 11 heteroatoms. The topological polar surface area (TPSA) is 111 Å². The van der Waals surface area contributed by atoms with E-state index in [1.165, 1.54) is 19.6 Å². The van der Waals surface area contributed by atoms with Crippen molar-refractivity contribution in [3.63, 3.8) is 0 Å². The minimum Gasteiger partial charge on any atom is -0.322 e. The summed E-state index contributed by atoms with van der Waals surface area (Å²) in [5.74, 6) is 0. The Hall–Kier alpha value is -2.63. The van der Waals surface area contributed by atoms with Gasteiger partial charge in [0.25, 0.3) is 10.2 Å². The Bertz CT molecular complexity index is 1140. The number of aromatic nitrogens is 2. The van der Waals surface area contributed by atoms with E-state index in [9.17, 15) is 18.0 Å². The summed E-state index contributed by atoms with van der Waals surface area (Å²) in [6, 6.07) is 6.84. The molecule has 1 aromatic heterocycles. The van der Waals surface area contributed by atoms with Crippen LogP contribution >= 0.6 is 0 Å². The predicted molar refractivity (Wildman–Crippen MR) is 127 cm³/mol. The van der Waals surface area contributed by atoms with Crippen molar-refractivity contribution < 1.29 is 13.2 Å². The van der Waals surface area contributed by atoms with Gasteiger partial charge in [-0.1, -0.05) is 31.4 Å². The number of imidazole rings is 1. The lowest BCUT2D eigenvalue weighted by Gasteiger charge is -2.38. The molecule has 180 valence electrons. The van der Waals surface area contributed by atoms with E-state index >= 15 is 0 Å². The zero-order valence-electron chi connectivity index (χ0n) is 19.2. The van der Waals surface area contributed by atoms with Crippen LogP contribution in [0.2, 0.25) is 0 Å². The van der Waals surface area contributed by atoms with Gasteiger partial charge in [-0.25, -0.2) is 9.59 Å². The molecule has 4 rings (SSSR count). The zero-order valence-corrected chi connectivity index (χ0v) is 20.0. The number of benzene rings is 1. The summed E-state index contributed by atoms with van der Waals surface area (Å²) in [6.45, 7) is 2.92. The zero-order chi connectivity index (χ0) is 23.6. The number of nitrogens with one attached hydrogen (secondary N) is 2. The van der Waals surface area contributed by atoms with E-state index < -0.39 is 10.2 Å². The third kappa shape index (κ3) is 4.85. The van der Waals surface area contributed by atoms with Gasteiger partial charge in [0.05, 0.1) is 11.4 Å². The number of rotatable bonds is 5. The quantitative estimate of drug-likeness (QED) is 0.689. The largest absolute Gasteiger partial charge is 0.330 e. The molecule has 1 aliphatic heterocycles. The number of urea groups is 1. The third-order valence-electron chi connectivity index (χ3n) is 6.65. The number of nitrogens with zero attached hydrogens (tertiary/aromatic N) is 4. The number of aromatic amines is 1. The standard InChI is InChI=1S/C22H32N6O4S/c1-17-16-23-21(29)28(17)20-11-7-6-10-19(20)24-22(30)26-12-14-27(15-13-26)33(31,32)25(2)18-8-4-3-5-9-18/h6-7,10-11,16,18H,3-5,8-9,12-15H2,1-2H3,(H,23,29)(H,24,30). The lowest BCUT2D eigenvalue weighted by atomic mass is 9.96. The van der Waals surface area contributed by atoms with Gasteiger partial charge < -0.3 is 15.2 Å². The van der Waals surface area contributed by atoms with Crippen molar-refractivity contribution in [3.05, 3.63) is 46.6 Å². The molecule has 1 aliphatic carbocycles. The summed E-state index contributed by atoms with van der Waals surface area (Å²) in [5.41, 5.74) is 1.53. The lowest BCUT2D eigenvalue weighted by molar-refractivity contribution is 0.178. The molecule has 33 heavy (non-hydrogen) atoms. The first kappa shape index (κ1) is 23.5. The highest BCUT2D eigenvalue weighted by Gasteiger charge is 2.35. The highest BCUT2D eigenvalue weighted by Crippen LogP contribution is 2.25. The average molecular weight is 477 g/mol. The smallest absolute Gasteiger partial charge is 0.322 e. The number of hydrogen-bond donors (Lipinski definition) is 2. The van der Waals surface area contributed by atoms with Gasteiger partial charge in [0.15, 0.2) is 0 Å². The van der Waals surface area contributed by atoms with Gasteiger partial charge in [0.2, 0.25) is 0 Å². The van der Waals surface area contributed by atoms with E-state index in [0.717, 1.165) is 31.4 Å². The van der Waals surface area contributed by atoms with Crippen molar-refractivity contribution in [1.82, 2.24) is 23.1 Å². The monoisotopic (exact) mass is 476 g/mol. The highest BCUT2D eigenvalue weighted by atomic mass is 32.2. The molecule has 1 aromatic carbocycles. The minimum atomic E-state index is -3.55. The number of amides is 2. The number of carbonyl (C=O) groups is 1. The molecule has 1 saturated carbocycles. The Morgan fingerprint density at radius 1 is 1.09 bits per heavy atom. The van der Waals surface area contributed by atoms with Gasteiger partial charge in [-0.15, -0.1) is 0 Å². The maximum atomic E-state index is 13.1. The van der Waals surface area contributed by atoms with Gasteiger partial charge in [-0.3, -0.25) is 4.57 Å². The Morgan fingerprint density at radius 2 is 1.76 bits per heavy atom. The summed E-state index contributed by atoms with van der Waals surface area (Å²) in [5, 5.41) is 2.89. The van der Waals surface area contributed by atoms with Gasteiger partial charge in [-0.05, 0) is 31.9 Å². The van der Waals surface area contributed by atoms with E-state index in [1.807, 2.05) is 0 Å². The lowest BCUT2D eigenvalue weighted by Crippen LogP contribution is -2.55. The first-order valence-electron chi connectivity index (χ1n) is 11.4. The minimum absolute atomic E-state index is 0.0573. The molecule has 2 aliphatic rings. The first-order chi connectivity index (χ1) is 15.8. The summed E-state index contributed by atoms with van der Waals surface area (Å²) in [7, 11) is -1.88. The van der Waals surface area contributed by atoms with Crippen LogP contribution in [0.15, 0.2) is 35.3 Å². The van der Waals surface area contributed by atoms with Crippen LogP contribution in [0.4, 0.5) is 10.5 Å². The molecule has 10 nitrogen and oxygen atoms in total. The first-order valence-corrected chi connectivity index (χ1v) is 12.8. The van der Waals surface area contributed by atoms with Gasteiger partial charge in [0.1, 0.15) is 0 Å². The maximum absolute atomic E-state index is 13.1. The molecule has 2 amide bonds. The van der Waals surface area contributed by atoms with Crippen molar-refractivity contribution in [2.75, 3.05) is 38.5 Å². The fraction of sp³-hybridized carbons (Fsp3) is 0.545. The Balaban J connectivity index is 1.40. The molecule has 2 heterocycles. The molecular weight excluding hydrogens is 444 g/mol. The van der Waals surface area contributed by atoms with Crippen molar-refractivity contribution >= 4 is 21.9 Å². The van der Waals surface area contributed by atoms with Crippen molar-refractivity contribution in [1.29, 1.82) is 0 Å². The molecule has 2 fully saturated rings. The van der Waals surface area contributed by atoms with E-state index in [0.29, 0.717) is 24.5 Å². The average Bonchev–Trinajstić information content (AvgIpc) is 3.17. The van der Waals surface area contributed by atoms with Crippen LogP contribution in [0.1, 0.15) is 37.8 Å². The number of carbonyl (C=O) groups excluding carboxylic acids is 1. The molecule has 2 N–H and O–H groups in total. The number of piperazine rings is 1. The number of H-pyrrole nitrogens is 1. The van der Waals surface area contributed by atoms with Gasteiger partial charge >= 0.3 is 11.7 Å². The van der Waals surface area contributed by atoms with Crippen LogP contribution in [0.5, 0.6) is 0 Å². The van der Waals surface area contributed by atoms with Crippen LogP contribution in [-0.2, 0) is 10.2 Å². The molecule has 0 spiro atoms. The Labute approximate surface area is 194 Å². The fourth-order valence-electron chi connectivity index (χ4n) is 4.66. The molecule has 2 aromatic rings. The number of hydrogen-bond acceptors (Lipinski definition) is 4. The second kappa shape index (κ2) is 9.70. The Kier molecular flexibility index (Phi) is 6.91. The SMILES string of the molecule is Cc1c[nH]c(=O)n1-c1ccccc1NC(=O)N1CCN(S(=O)(=O)N(C)C2CCCCC2)CC1. The fourth-order valence-corrected chi connectivity index (χ4v) is 6.24. The normalized spacial score (nSPS) is 18.6. The van der Waals surface area contributed by atoms with Crippen LogP contribution < -0.4 is 11.0 Å². The van der Waals surface area contributed by atoms with E-state index in [1.54, 1.807) is 49.3 Å². The van der Waals surface area contributed by atoms with E-state index in [2.05, 4.69) is 10.3 Å². The molecule has 0 atom stereocenters. The second-order valence-corrected chi connectivity index (χ2v) is 10.7. The highest BCUT2D eigenvalue weighted by molar-refractivity contribution is 7.86. The van der Waals surface area contributed by atoms with E-state index in [4.69, 9.17) is 0 Å². The van der Waals surface area contributed by atoms with Crippen molar-refractivity contribution in [2.24, 2.45) is 0 Å². The molecular formula is C22H32N6O4S. The number of anilines is 1. The predicted octanol–water partition coefficient (Wildman–Crippen LogP) is 2.13. The second-order valence-electron chi connectivity index (χ2n) is 8.72. The number of para-hydroxylation sites is 2. The van der Waals surface area contributed by atoms with Crippen LogP contribution in [0.3, 0.4) is 0 Å². The van der Waals surface area contributed by atoms with Crippen LogP contribution in [-0.4, -0.2) is 76.8 Å². The molecule has 1 saturated heterocycles. The molecule has 0 radical (unpaired) electrons. The number of aryl methyl sites for hydroxylation is 1. The van der Waals surface area contributed by atoms with Crippen molar-refractivity contribution in [2.45, 2.75) is 45.1 Å². The van der Waals surface area contributed by atoms with Gasteiger partial charge in [-0.2, -0.15) is 17.0 Å². The third-order valence-corrected chi connectivity index (χ3v) is 8.70. The summed E-state index contributed by atoms with van der Waals surface area (Å²) in [6.07, 6.45) is 6.72. The molecule has 0 unspecified atom stereocenters.